The summed E-state index contributed by atoms with van der Waals surface area (Å²) in [5, 5.41) is 0. The molecule has 0 amide bonds. The van der Waals surface area contributed by atoms with Crippen molar-refractivity contribution < 1.29 is 18.3 Å². The van der Waals surface area contributed by atoms with Gasteiger partial charge in [0.25, 0.3) is 12.0 Å². The number of halogens is 3. The number of H-pyrrole nitrogens is 1. The molecule has 15 heavy (non-hydrogen) atoms. The third kappa shape index (κ3) is 2.52. The largest absolute Gasteiger partial charge is 0.465 e. The van der Waals surface area contributed by atoms with Crippen LogP contribution in [-0.4, -0.2) is 18.1 Å². The molecular weight excluding hydrogens is 323 g/mol. The van der Waals surface area contributed by atoms with Crippen molar-refractivity contribution in [2.75, 3.05) is 7.11 Å². The van der Waals surface area contributed by atoms with E-state index in [0.717, 1.165) is 13.2 Å². The fourth-order valence-corrected chi connectivity index (χ4v) is 1.61. The Morgan fingerprint density at radius 1 is 1.60 bits per heavy atom. The quantitative estimate of drug-likeness (QED) is 0.510. The van der Waals surface area contributed by atoms with E-state index < -0.39 is 29.1 Å². The van der Waals surface area contributed by atoms with Crippen molar-refractivity contribution in [1.82, 2.24) is 4.98 Å². The van der Waals surface area contributed by atoms with Crippen molar-refractivity contribution in [3.63, 3.8) is 0 Å². The summed E-state index contributed by atoms with van der Waals surface area (Å²) in [5.41, 5.74) is -2.13. The van der Waals surface area contributed by atoms with Gasteiger partial charge in [-0.15, -0.1) is 0 Å². The second-order valence-electron chi connectivity index (χ2n) is 2.57. The molecule has 0 bridgehead atoms. The molecule has 0 saturated heterocycles. The second-order valence-corrected chi connectivity index (χ2v) is 3.73. The predicted octanol–water partition coefficient (Wildman–Crippen LogP) is 1.70. The number of ether oxygens (including phenoxy) is 1. The third-order valence-corrected chi connectivity index (χ3v) is 2.24. The standard InChI is InChI=1S/C8H6F2INO3/c1-15-8(14)5-3(6(9)10)2-4(11)12-7(5)13/h2,6H,1H3,(H,12,13). The van der Waals surface area contributed by atoms with Crippen LogP contribution < -0.4 is 5.56 Å². The molecule has 1 aromatic heterocycles. The van der Waals surface area contributed by atoms with E-state index in [-0.39, 0.29) is 3.70 Å². The summed E-state index contributed by atoms with van der Waals surface area (Å²) in [5.74, 6) is -1.07. The summed E-state index contributed by atoms with van der Waals surface area (Å²) in [4.78, 5) is 24.6. The molecule has 0 atom stereocenters. The van der Waals surface area contributed by atoms with Gasteiger partial charge in [-0.1, -0.05) is 0 Å². The zero-order valence-electron chi connectivity index (χ0n) is 7.51. The maximum atomic E-state index is 12.5. The number of aromatic nitrogens is 1. The van der Waals surface area contributed by atoms with Gasteiger partial charge < -0.3 is 9.72 Å². The first-order chi connectivity index (χ1) is 6.97. The Labute approximate surface area is 96.8 Å². The minimum atomic E-state index is -2.89. The predicted molar refractivity (Wildman–Crippen MR) is 56.1 cm³/mol. The van der Waals surface area contributed by atoms with Gasteiger partial charge in [0.15, 0.2) is 0 Å². The van der Waals surface area contributed by atoms with E-state index in [1.54, 1.807) is 22.6 Å². The molecule has 0 aromatic carbocycles. The first kappa shape index (κ1) is 12.1. The molecule has 0 radical (unpaired) electrons. The van der Waals surface area contributed by atoms with Gasteiger partial charge >= 0.3 is 5.97 Å². The van der Waals surface area contributed by atoms with Crippen molar-refractivity contribution in [1.29, 1.82) is 0 Å². The Balaban J connectivity index is 3.47. The molecule has 1 N–H and O–H groups in total. The summed E-state index contributed by atoms with van der Waals surface area (Å²) < 4.78 is 29.5. The number of methoxy groups -OCH3 is 1. The van der Waals surface area contributed by atoms with E-state index in [9.17, 15) is 18.4 Å². The fourth-order valence-electron chi connectivity index (χ4n) is 1.03. The molecule has 4 nitrogen and oxygen atoms in total. The van der Waals surface area contributed by atoms with Gasteiger partial charge in [-0.3, -0.25) is 4.79 Å². The summed E-state index contributed by atoms with van der Waals surface area (Å²) in [6, 6.07) is 1.04. The number of hydrogen-bond acceptors (Lipinski definition) is 3. The van der Waals surface area contributed by atoms with E-state index in [1.165, 1.54) is 0 Å². The summed E-state index contributed by atoms with van der Waals surface area (Å²) >= 11 is 1.68. The summed E-state index contributed by atoms with van der Waals surface area (Å²) in [6.45, 7) is 0. The topological polar surface area (TPSA) is 59.2 Å². The number of carbonyl (C=O) groups is 1. The SMILES string of the molecule is COC(=O)c1c(C(F)F)cc(I)[nH]c1=O. The number of carbonyl (C=O) groups excluding carboxylic acids is 1. The molecular formula is C8H6F2INO3. The van der Waals surface area contributed by atoms with Crippen LogP contribution >= 0.6 is 22.6 Å². The minimum Gasteiger partial charge on any atom is -0.465 e. The van der Waals surface area contributed by atoms with Crippen LogP contribution in [0.15, 0.2) is 10.9 Å². The molecule has 7 heteroatoms. The van der Waals surface area contributed by atoms with E-state index in [1.807, 2.05) is 0 Å². The van der Waals surface area contributed by atoms with Gasteiger partial charge in [0, 0.05) is 5.56 Å². The van der Waals surface area contributed by atoms with Gasteiger partial charge in [-0.05, 0) is 28.7 Å². The number of hydrogen-bond donors (Lipinski definition) is 1. The summed E-state index contributed by atoms with van der Waals surface area (Å²) in [7, 11) is 1.02. The van der Waals surface area contributed by atoms with Crippen molar-refractivity contribution in [2.45, 2.75) is 6.43 Å². The molecule has 0 unspecified atom stereocenters. The molecule has 0 spiro atoms. The van der Waals surface area contributed by atoms with Crippen LogP contribution in [-0.2, 0) is 4.74 Å². The lowest BCUT2D eigenvalue weighted by atomic mass is 10.1. The van der Waals surface area contributed by atoms with Crippen LogP contribution in [0.25, 0.3) is 0 Å². The molecule has 0 aliphatic heterocycles. The monoisotopic (exact) mass is 329 g/mol. The molecule has 82 valence electrons. The van der Waals surface area contributed by atoms with Gasteiger partial charge in [0.2, 0.25) is 0 Å². The molecule has 0 fully saturated rings. The summed E-state index contributed by atoms with van der Waals surface area (Å²) in [6.07, 6.45) is -2.89. The van der Waals surface area contributed by atoms with E-state index >= 15 is 0 Å². The van der Waals surface area contributed by atoms with E-state index in [2.05, 4.69) is 9.72 Å². The molecule has 1 aromatic rings. The van der Waals surface area contributed by atoms with Crippen LogP contribution in [0.5, 0.6) is 0 Å². The Hall–Kier alpha value is -0.990. The van der Waals surface area contributed by atoms with Gasteiger partial charge in [0.1, 0.15) is 5.56 Å². The van der Waals surface area contributed by atoms with Crippen LogP contribution in [0.2, 0.25) is 0 Å². The van der Waals surface area contributed by atoms with Gasteiger partial charge in [0.05, 0.1) is 10.8 Å². The van der Waals surface area contributed by atoms with Crippen LogP contribution in [0.1, 0.15) is 22.3 Å². The lowest BCUT2D eigenvalue weighted by Crippen LogP contribution is -2.22. The van der Waals surface area contributed by atoms with Crippen LogP contribution in [0, 0.1) is 3.70 Å². The van der Waals surface area contributed by atoms with Crippen LogP contribution in [0.3, 0.4) is 0 Å². The molecule has 1 rings (SSSR count). The highest BCUT2D eigenvalue weighted by atomic mass is 127. The highest BCUT2D eigenvalue weighted by Crippen LogP contribution is 2.22. The number of esters is 1. The zero-order chi connectivity index (χ0) is 11.6. The maximum Gasteiger partial charge on any atom is 0.344 e. The Morgan fingerprint density at radius 2 is 2.20 bits per heavy atom. The first-order valence-electron chi connectivity index (χ1n) is 3.76. The second kappa shape index (κ2) is 4.69. The van der Waals surface area contributed by atoms with Gasteiger partial charge in [-0.2, -0.15) is 0 Å². The average Bonchev–Trinajstić information content (AvgIpc) is 2.15. The molecule has 0 saturated carbocycles. The maximum absolute atomic E-state index is 12.5. The molecule has 0 aliphatic rings. The fraction of sp³-hybridized carbons (Fsp3) is 0.250. The first-order valence-corrected chi connectivity index (χ1v) is 4.84. The molecule has 1 heterocycles. The highest BCUT2D eigenvalue weighted by molar-refractivity contribution is 14.1. The average molecular weight is 329 g/mol. The number of aromatic amines is 1. The van der Waals surface area contributed by atoms with Crippen LogP contribution in [0.4, 0.5) is 8.78 Å². The van der Waals surface area contributed by atoms with Crippen molar-refractivity contribution in [2.24, 2.45) is 0 Å². The third-order valence-electron chi connectivity index (χ3n) is 1.66. The number of rotatable bonds is 2. The zero-order valence-corrected chi connectivity index (χ0v) is 9.67. The van der Waals surface area contributed by atoms with E-state index in [0.29, 0.717) is 0 Å². The Morgan fingerprint density at radius 3 is 2.67 bits per heavy atom. The molecule has 0 aliphatic carbocycles. The van der Waals surface area contributed by atoms with Crippen molar-refractivity contribution in [3.05, 3.63) is 31.2 Å². The van der Waals surface area contributed by atoms with Crippen molar-refractivity contribution in [3.8, 4) is 0 Å². The van der Waals surface area contributed by atoms with E-state index in [4.69, 9.17) is 0 Å². The normalized spacial score (nSPS) is 10.5. The number of nitrogens with one attached hydrogen (secondary N) is 1. The Bertz CT molecular complexity index is 444. The highest BCUT2D eigenvalue weighted by Gasteiger charge is 2.23. The minimum absolute atomic E-state index is 0.237. The van der Waals surface area contributed by atoms with Gasteiger partial charge in [-0.25, -0.2) is 13.6 Å². The number of pyridine rings is 1. The Kier molecular flexibility index (Phi) is 3.77. The smallest absolute Gasteiger partial charge is 0.344 e. The number of alkyl halides is 2. The van der Waals surface area contributed by atoms with Crippen molar-refractivity contribution >= 4 is 28.6 Å². The lowest BCUT2D eigenvalue weighted by molar-refractivity contribution is 0.0587. The lowest BCUT2D eigenvalue weighted by Gasteiger charge is -2.06.